The van der Waals surface area contributed by atoms with E-state index in [2.05, 4.69) is 15.3 Å². The number of anilines is 1. The first kappa shape index (κ1) is 15.1. The van der Waals surface area contributed by atoms with E-state index in [9.17, 15) is 14.7 Å². The minimum Gasteiger partial charge on any atom is -0.493 e. The summed E-state index contributed by atoms with van der Waals surface area (Å²) < 4.78 is 0. The maximum absolute atomic E-state index is 11.9. The number of benzene rings is 1. The number of H-pyrrole nitrogens is 1. The molecular formula is C14H15N3O3S. The van der Waals surface area contributed by atoms with Crippen molar-refractivity contribution >= 4 is 23.4 Å². The van der Waals surface area contributed by atoms with Gasteiger partial charge in [-0.15, -0.1) is 0 Å². The van der Waals surface area contributed by atoms with Crippen LogP contribution in [0.2, 0.25) is 0 Å². The molecular weight excluding hydrogens is 290 g/mol. The Bertz CT molecular complexity index is 707. The molecule has 0 unspecified atom stereocenters. The Kier molecular flexibility index (Phi) is 4.64. The van der Waals surface area contributed by atoms with Gasteiger partial charge in [-0.1, -0.05) is 17.8 Å². The third kappa shape index (κ3) is 4.64. The summed E-state index contributed by atoms with van der Waals surface area (Å²) in [5.74, 6) is -0.494. The molecule has 110 valence electrons. The Labute approximate surface area is 125 Å². The fourth-order valence-corrected chi connectivity index (χ4v) is 2.54. The van der Waals surface area contributed by atoms with Crippen LogP contribution in [-0.4, -0.2) is 26.7 Å². The maximum atomic E-state index is 11.9. The van der Waals surface area contributed by atoms with E-state index in [1.807, 2.05) is 32.0 Å². The number of thioether (sulfide) groups is 1. The van der Waals surface area contributed by atoms with Crippen molar-refractivity contribution < 1.29 is 9.90 Å². The van der Waals surface area contributed by atoms with Crippen molar-refractivity contribution in [3.63, 3.8) is 0 Å². The van der Waals surface area contributed by atoms with E-state index in [4.69, 9.17) is 0 Å². The van der Waals surface area contributed by atoms with Crippen molar-refractivity contribution in [2.24, 2.45) is 0 Å². The highest BCUT2D eigenvalue weighted by atomic mass is 32.2. The quantitative estimate of drug-likeness (QED) is 0.591. The first-order valence-corrected chi connectivity index (χ1v) is 7.22. The smallest absolute Gasteiger partial charge is 0.255 e. The molecule has 3 N–H and O–H groups in total. The number of hydrogen-bond acceptors (Lipinski definition) is 5. The summed E-state index contributed by atoms with van der Waals surface area (Å²) in [4.78, 5) is 29.2. The summed E-state index contributed by atoms with van der Waals surface area (Å²) in [6, 6.07) is 6.75. The van der Waals surface area contributed by atoms with Gasteiger partial charge in [0.1, 0.15) is 0 Å². The van der Waals surface area contributed by atoms with Crippen LogP contribution in [0.5, 0.6) is 5.88 Å². The van der Waals surface area contributed by atoms with E-state index in [0.717, 1.165) is 34.6 Å². The van der Waals surface area contributed by atoms with Gasteiger partial charge in [0.2, 0.25) is 11.8 Å². The Morgan fingerprint density at radius 3 is 2.57 bits per heavy atom. The number of nitrogens with one attached hydrogen (secondary N) is 2. The average molecular weight is 305 g/mol. The standard InChI is InChI=1S/C14H15N3O3S/c1-8-3-9(2)5-10(4-8)15-13(20)7-21-14-16-11(18)6-12(19)17-14/h3-6H,7H2,1-2H3,(H,15,20)(H2,16,17,18,19). The second-order valence-corrected chi connectivity index (χ2v) is 5.59. The van der Waals surface area contributed by atoms with Crippen LogP contribution in [0.15, 0.2) is 34.2 Å². The molecule has 0 spiro atoms. The van der Waals surface area contributed by atoms with Gasteiger partial charge in [-0.25, -0.2) is 0 Å². The second kappa shape index (κ2) is 6.45. The van der Waals surface area contributed by atoms with Crippen LogP contribution in [0.4, 0.5) is 5.69 Å². The van der Waals surface area contributed by atoms with Crippen molar-refractivity contribution in [3.05, 3.63) is 45.7 Å². The molecule has 0 bridgehead atoms. The molecule has 1 heterocycles. The van der Waals surface area contributed by atoms with Crippen molar-refractivity contribution in [2.45, 2.75) is 19.0 Å². The topological polar surface area (TPSA) is 95.1 Å². The molecule has 0 saturated heterocycles. The van der Waals surface area contributed by atoms with Crippen LogP contribution in [0.25, 0.3) is 0 Å². The highest BCUT2D eigenvalue weighted by Gasteiger charge is 2.07. The molecule has 0 aliphatic heterocycles. The van der Waals surface area contributed by atoms with E-state index in [1.54, 1.807) is 0 Å². The minimum atomic E-state index is -0.459. The number of aryl methyl sites for hydroxylation is 2. The first-order chi connectivity index (χ1) is 9.92. The van der Waals surface area contributed by atoms with Crippen molar-refractivity contribution in [2.75, 3.05) is 11.1 Å². The zero-order chi connectivity index (χ0) is 15.4. The Hall–Kier alpha value is -2.28. The lowest BCUT2D eigenvalue weighted by Crippen LogP contribution is -2.15. The maximum Gasteiger partial charge on any atom is 0.255 e. The lowest BCUT2D eigenvalue weighted by Gasteiger charge is -2.07. The fourth-order valence-electron chi connectivity index (χ4n) is 1.87. The van der Waals surface area contributed by atoms with Crippen molar-refractivity contribution in [1.82, 2.24) is 9.97 Å². The van der Waals surface area contributed by atoms with Gasteiger partial charge in [-0.2, -0.15) is 4.98 Å². The van der Waals surface area contributed by atoms with E-state index >= 15 is 0 Å². The molecule has 0 fully saturated rings. The summed E-state index contributed by atoms with van der Waals surface area (Å²) in [6.07, 6.45) is 0. The summed E-state index contributed by atoms with van der Waals surface area (Å²) in [7, 11) is 0. The number of aromatic amines is 1. The van der Waals surface area contributed by atoms with E-state index in [-0.39, 0.29) is 22.7 Å². The van der Waals surface area contributed by atoms with Crippen LogP contribution in [0, 0.1) is 13.8 Å². The lowest BCUT2D eigenvalue weighted by atomic mass is 10.1. The second-order valence-electron chi connectivity index (χ2n) is 4.62. The van der Waals surface area contributed by atoms with Gasteiger partial charge >= 0.3 is 0 Å². The predicted molar refractivity (Wildman–Crippen MR) is 81.8 cm³/mol. The fraction of sp³-hybridized carbons (Fsp3) is 0.214. The van der Waals surface area contributed by atoms with Gasteiger partial charge in [0.15, 0.2) is 5.16 Å². The Morgan fingerprint density at radius 2 is 1.95 bits per heavy atom. The number of rotatable bonds is 4. The van der Waals surface area contributed by atoms with Gasteiger partial charge in [-0.3, -0.25) is 9.59 Å². The zero-order valence-electron chi connectivity index (χ0n) is 11.6. The lowest BCUT2D eigenvalue weighted by molar-refractivity contribution is -0.113. The molecule has 1 aromatic carbocycles. The van der Waals surface area contributed by atoms with Gasteiger partial charge in [0.05, 0.1) is 11.8 Å². The molecule has 1 amide bonds. The third-order valence-corrected chi connectivity index (χ3v) is 3.43. The normalized spacial score (nSPS) is 10.4. The SMILES string of the molecule is Cc1cc(C)cc(NC(=O)CSc2nc(O)cc(=O)[nH]2)c1. The molecule has 0 aliphatic rings. The number of carbonyl (C=O) groups excluding carboxylic acids is 1. The molecule has 1 aromatic heterocycles. The van der Waals surface area contributed by atoms with Crippen LogP contribution in [0.3, 0.4) is 0 Å². The van der Waals surface area contributed by atoms with Crippen molar-refractivity contribution in [1.29, 1.82) is 0 Å². The van der Waals surface area contributed by atoms with E-state index in [1.165, 1.54) is 0 Å². The summed E-state index contributed by atoms with van der Waals surface area (Å²) in [5.41, 5.74) is 2.41. The molecule has 21 heavy (non-hydrogen) atoms. The molecule has 0 atom stereocenters. The van der Waals surface area contributed by atoms with Gasteiger partial charge < -0.3 is 15.4 Å². The van der Waals surface area contributed by atoms with Gasteiger partial charge in [0.25, 0.3) is 5.56 Å². The number of hydrogen-bond donors (Lipinski definition) is 3. The van der Waals surface area contributed by atoms with Crippen LogP contribution in [-0.2, 0) is 4.79 Å². The number of aromatic hydroxyl groups is 1. The Balaban J connectivity index is 1.97. The summed E-state index contributed by atoms with van der Waals surface area (Å²) >= 11 is 1.05. The molecule has 0 radical (unpaired) electrons. The van der Waals surface area contributed by atoms with Crippen molar-refractivity contribution in [3.8, 4) is 5.88 Å². The minimum absolute atomic E-state index is 0.0827. The molecule has 6 nitrogen and oxygen atoms in total. The highest BCUT2D eigenvalue weighted by Crippen LogP contribution is 2.16. The van der Waals surface area contributed by atoms with E-state index in [0.29, 0.717) is 0 Å². The van der Waals surface area contributed by atoms with Crippen LogP contribution < -0.4 is 10.9 Å². The number of amides is 1. The van der Waals surface area contributed by atoms with Crippen LogP contribution >= 0.6 is 11.8 Å². The largest absolute Gasteiger partial charge is 0.493 e. The van der Waals surface area contributed by atoms with Gasteiger partial charge in [0, 0.05) is 5.69 Å². The molecule has 7 heteroatoms. The average Bonchev–Trinajstić information content (AvgIpc) is 2.34. The first-order valence-electron chi connectivity index (χ1n) is 6.23. The predicted octanol–water partition coefficient (Wildman–Crippen LogP) is 1.82. The van der Waals surface area contributed by atoms with Gasteiger partial charge in [-0.05, 0) is 37.1 Å². The highest BCUT2D eigenvalue weighted by molar-refractivity contribution is 7.99. The number of carbonyl (C=O) groups is 1. The third-order valence-electron chi connectivity index (χ3n) is 2.55. The molecule has 0 saturated carbocycles. The Morgan fingerprint density at radius 1 is 1.29 bits per heavy atom. The molecule has 0 aliphatic carbocycles. The zero-order valence-corrected chi connectivity index (χ0v) is 12.5. The van der Waals surface area contributed by atoms with Crippen LogP contribution in [0.1, 0.15) is 11.1 Å². The van der Waals surface area contributed by atoms with E-state index < -0.39 is 5.56 Å². The molecule has 2 aromatic rings. The summed E-state index contributed by atoms with van der Waals surface area (Å²) in [5, 5.41) is 12.2. The molecule has 2 rings (SSSR count). The number of nitrogens with zero attached hydrogens (tertiary/aromatic N) is 1. The number of aromatic nitrogens is 2. The summed E-state index contributed by atoms with van der Waals surface area (Å²) in [6.45, 7) is 3.91. The monoisotopic (exact) mass is 305 g/mol.